The number of fused-ring (bicyclic) bond motifs is 2. The van der Waals surface area contributed by atoms with Gasteiger partial charge in [0.1, 0.15) is 6.04 Å². The van der Waals surface area contributed by atoms with Gasteiger partial charge in [0.05, 0.1) is 16.1 Å². The Kier molecular flexibility index (Phi) is 5.74. The summed E-state index contributed by atoms with van der Waals surface area (Å²) < 4.78 is 28.2. The Balaban J connectivity index is 1.38. The molecule has 2 amide bonds. The molecular formula is C23H20ClN3O4S2. The molecule has 7 nitrogen and oxygen atoms in total. The van der Waals surface area contributed by atoms with Gasteiger partial charge in [0.25, 0.3) is 5.91 Å². The van der Waals surface area contributed by atoms with Gasteiger partial charge < -0.3 is 10.2 Å². The van der Waals surface area contributed by atoms with Gasteiger partial charge in [-0.05, 0) is 66.2 Å². The average Bonchev–Trinajstić information content (AvgIpc) is 3.31. The molecule has 1 fully saturated rings. The first-order chi connectivity index (χ1) is 15.8. The summed E-state index contributed by atoms with van der Waals surface area (Å²) in [4.78, 5) is 29.0. The number of benzene rings is 2. The molecule has 0 unspecified atom stereocenters. The number of piperidine rings is 1. The molecular weight excluding hydrogens is 482 g/mol. The molecule has 170 valence electrons. The van der Waals surface area contributed by atoms with E-state index in [2.05, 4.69) is 10.0 Å². The Morgan fingerprint density at radius 3 is 2.61 bits per heavy atom. The monoisotopic (exact) mass is 501 g/mol. The van der Waals surface area contributed by atoms with E-state index in [1.165, 1.54) is 24.3 Å². The molecule has 1 aromatic heterocycles. The third-order valence-corrected chi connectivity index (χ3v) is 8.63. The van der Waals surface area contributed by atoms with Crippen molar-refractivity contribution in [1.82, 2.24) is 9.62 Å². The molecule has 2 aliphatic heterocycles. The summed E-state index contributed by atoms with van der Waals surface area (Å²) in [6.45, 7) is 0.271. The highest BCUT2D eigenvalue weighted by molar-refractivity contribution is 7.89. The van der Waals surface area contributed by atoms with E-state index < -0.39 is 22.1 Å². The number of nitrogens with one attached hydrogen (secondary N) is 2. The van der Waals surface area contributed by atoms with Gasteiger partial charge in [0, 0.05) is 22.5 Å². The highest BCUT2D eigenvalue weighted by Gasteiger charge is 2.41. The van der Waals surface area contributed by atoms with Gasteiger partial charge in [-0.15, -0.1) is 11.3 Å². The standard InChI is InChI=1S/C23H20ClN3O4S2/c24-15-4-6-17(7-5-15)33(30,31)26-16-9-10-27-20(13-16)22(28)25-19-8-3-14(12-18(19)23(27)29)21-2-1-11-32-21/h1-8,11-12,16,20,26H,9-10,13H2,(H,25,28)/t16-,20-/m0/s1. The van der Waals surface area contributed by atoms with E-state index in [-0.39, 0.29) is 29.7 Å². The van der Waals surface area contributed by atoms with Gasteiger partial charge in [-0.2, -0.15) is 0 Å². The van der Waals surface area contributed by atoms with Crippen LogP contribution in [-0.4, -0.2) is 43.8 Å². The van der Waals surface area contributed by atoms with Crippen molar-refractivity contribution < 1.29 is 18.0 Å². The Labute approximate surface area is 200 Å². The molecule has 2 atom stereocenters. The lowest BCUT2D eigenvalue weighted by Gasteiger charge is -2.37. The first kappa shape index (κ1) is 22.1. The molecule has 2 aromatic carbocycles. The van der Waals surface area contributed by atoms with Crippen molar-refractivity contribution >= 4 is 50.5 Å². The van der Waals surface area contributed by atoms with Crippen LogP contribution in [0.4, 0.5) is 5.69 Å². The van der Waals surface area contributed by atoms with Crippen LogP contribution in [0.2, 0.25) is 5.02 Å². The van der Waals surface area contributed by atoms with Crippen LogP contribution in [0, 0.1) is 0 Å². The topological polar surface area (TPSA) is 95.6 Å². The smallest absolute Gasteiger partial charge is 0.256 e. The van der Waals surface area contributed by atoms with Crippen molar-refractivity contribution in [1.29, 1.82) is 0 Å². The number of carbonyl (C=O) groups is 2. The molecule has 2 N–H and O–H groups in total. The molecule has 0 bridgehead atoms. The number of anilines is 1. The number of carbonyl (C=O) groups excluding carboxylic acids is 2. The number of hydrogen-bond donors (Lipinski definition) is 2. The average molecular weight is 502 g/mol. The van der Waals surface area contributed by atoms with Gasteiger partial charge in [-0.25, -0.2) is 13.1 Å². The number of sulfonamides is 1. The van der Waals surface area contributed by atoms with Crippen LogP contribution in [0.5, 0.6) is 0 Å². The predicted molar refractivity (Wildman–Crippen MR) is 128 cm³/mol. The Morgan fingerprint density at radius 1 is 1.09 bits per heavy atom. The minimum absolute atomic E-state index is 0.101. The van der Waals surface area contributed by atoms with Crippen molar-refractivity contribution in [3.63, 3.8) is 0 Å². The number of halogens is 1. The number of hydrogen-bond acceptors (Lipinski definition) is 5. The SMILES string of the molecule is O=C1Nc2ccc(-c3cccs3)cc2C(=O)N2CC[C@H](NS(=O)(=O)c3ccc(Cl)cc3)C[C@@H]12. The summed E-state index contributed by atoms with van der Waals surface area (Å²) in [5.41, 5.74) is 1.82. The van der Waals surface area contributed by atoms with E-state index in [1.54, 1.807) is 22.3 Å². The lowest BCUT2D eigenvalue weighted by Crippen LogP contribution is -2.54. The minimum atomic E-state index is -3.78. The third kappa shape index (κ3) is 4.29. The molecule has 3 heterocycles. The van der Waals surface area contributed by atoms with Gasteiger partial charge >= 0.3 is 0 Å². The fourth-order valence-corrected chi connectivity index (χ4v) is 6.40. The van der Waals surface area contributed by atoms with Crippen molar-refractivity contribution in [2.75, 3.05) is 11.9 Å². The summed E-state index contributed by atoms with van der Waals surface area (Å²) in [7, 11) is -3.78. The van der Waals surface area contributed by atoms with Gasteiger partial charge in [0.15, 0.2) is 0 Å². The fourth-order valence-electron chi connectivity index (χ4n) is 4.26. The summed E-state index contributed by atoms with van der Waals surface area (Å²) >= 11 is 7.43. The highest BCUT2D eigenvalue weighted by Crippen LogP contribution is 2.33. The Hall–Kier alpha value is -2.72. The Morgan fingerprint density at radius 2 is 1.88 bits per heavy atom. The molecule has 33 heavy (non-hydrogen) atoms. The molecule has 5 rings (SSSR count). The zero-order valence-electron chi connectivity index (χ0n) is 17.3. The lowest BCUT2D eigenvalue weighted by molar-refractivity contribution is -0.121. The summed E-state index contributed by atoms with van der Waals surface area (Å²) in [5.74, 6) is -0.549. The van der Waals surface area contributed by atoms with Gasteiger partial charge in [-0.3, -0.25) is 9.59 Å². The molecule has 2 aliphatic rings. The lowest BCUT2D eigenvalue weighted by atomic mass is 9.97. The normalized spacial score (nSPS) is 20.6. The summed E-state index contributed by atoms with van der Waals surface area (Å²) in [6, 6.07) is 14.0. The van der Waals surface area contributed by atoms with Gasteiger partial charge in [-0.1, -0.05) is 23.7 Å². The fraction of sp³-hybridized carbons (Fsp3) is 0.217. The number of rotatable bonds is 4. The van der Waals surface area contributed by atoms with E-state index in [9.17, 15) is 18.0 Å². The van der Waals surface area contributed by atoms with Crippen LogP contribution in [0.1, 0.15) is 23.2 Å². The van der Waals surface area contributed by atoms with Crippen molar-refractivity contribution in [2.24, 2.45) is 0 Å². The number of thiophene rings is 1. The summed E-state index contributed by atoms with van der Waals surface area (Å²) in [6.07, 6.45) is 0.596. The van der Waals surface area contributed by atoms with Crippen LogP contribution in [0.25, 0.3) is 10.4 Å². The quantitative estimate of drug-likeness (QED) is 0.565. The first-order valence-electron chi connectivity index (χ1n) is 10.4. The van der Waals surface area contributed by atoms with Crippen molar-refractivity contribution in [3.05, 3.63) is 70.6 Å². The highest BCUT2D eigenvalue weighted by atomic mass is 35.5. The molecule has 0 radical (unpaired) electrons. The maximum absolute atomic E-state index is 13.4. The maximum Gasteiger partial charge on any atom is 0.256 e. The van der Waals surface area contributed by atoms with Crippen LogP contribution in [-0.2, 0) is 14.8 Å². The van der Waals surface area contributed by atoms with E-state index in [1.807, 2.05) is 29.6 Å². The van der Waals surface area contributed by atoms with E-state index in [0.29, 0.717) is 22.7 Å². The van der Waals surface area contributed by atoms with E-state index in [4.69, 9.17) is 11.6 Å². The van der Waals surface area contributed by atoms with Crippen LogP contribution in [0.3, 0.4) is 0 Å². The predicted octanol–water partition coefficient (Wildman–Crippen LogP) is 3.97. The zero-order valence-corrected chi connectivity index (χ0v) is 19.7. The second-order valence-electron chi connectivity index (χ2n) is 8.04. The molecule has 3 aromatic rings. The molecule has 0 spiro atoms. The maximum atomic E-state index is 13.4. The number of nitrogens with zero attached hydrogens (tertiary/aromatic N) is 1. The zero-order chi connectivity index (χ0) is 23.2. The van der Waals surface area contributed by atoms with E-state index in [0.717, 1.165) is 10.4 Å². The molecule has 10 heteroatoms. The van der Waals surface area contributed by atoms with Crippen molar-refractivity contribution in [3.8, 4) is 10.4 Å². The molecule has 0 saturated carbocycles. The second kappa shape index (κ2) is 8.57. The largest absolute Gasteiger partial charge is 0.326 e. The number of amides is 2. The van der Waals surface area contributed by atoms with Crippen LogP contribution >= 0.6 is 22.9 Å². The first-order valence-corrected chi connectivity index (χ1v) is 13.1. The Bertz CT molecular complexity index is 1320. The summed E-state index contributed by atoms with van der Waals surface area (Å²) in [5, 5.41) is 5.27. The third-order valence-electron chi connectivity index (χ3n) is 5.93. The molecule has 1 saturated heterocycles. The van der Waals surface area contributed by atoms with Gasteiger partial charge in [0.2, 0.25) is 15.9 Å². The van der Waals surface area contributed by atoms with E-state index >= 15 is 0 Å². The molecule has 0 aliphatic carbocycles. The van der Waals surface area contributed by atoms with Crippen LogP contribution in [0.15, 0.2) is 64.9 Å². The minimum Gasteiger partial charge on any atom is -0.326 e. The van der Waals surface area contributed by atoms with Crippen LogP contribution < -0.4 is 10.0 Å². The second-order valence-corrected chi connectivity index (χ2v) is 11.1. The van der Waals surface area contributed by atoms with Crippen molar-refractivity contribution in [2.45, 2.75) is 29.8 Å².